The summed E-state index contributed by atoms with van der Waals surface area (Å²) in [6.07, 6.45) is 3.03. The van der Waals surface area contributed by atoms with Crippen molar-refractivity contribution in [2.45, 2.75) is 32.2 Å². The largest absolute Gasteiger partial charge is 0.497 e. The van der Waals surface area contributed by atoms with E-state index in [9.17, 15) is 9.18 Å². The van der Waals surface area contributed by atoms with Gasteiger partial charge in [-0.1, -0.05) is 6.07 Å². The van der Waals surface area contributed by atoms with Crippen LogP contribution in [0.1, 0.15) is 31.2 Å². The summed E-state index contributed by atoms with van der Waals surface area (Å²) < 4.78 is 19.0. The molecule has 21 heavy (non-hydrogen) atoms. The third kappa shape index (κ3) is 4.70. The van der Waals surface area contributed by atoms with Gasteiger partial charge in [0.2, 0.25) is 0 Å². The van der Waals surface area contributed by atoms with Crippen LogP contribution in [0, 0.1) is 11.7 Å². The summed E-state index contributed by atoms with van der Waals surface area (Å²) in [5, 5.41) is 8.76. The number of halogens is 1. The first-order chi connectivity index (χ1) is 10.1. The number of benzene rings is 1. The Hall–Kier alpha value is -1.62. The van der Waals surface area contributed by atoms with Crippen LogP contribution in [0.25, 0.3) is 0 Å². The van der Waals surface area contributed by atoms with E-state index in [1.807, 2.05) is 0 Å². The van der Waals surface area contributed by atoms with Gasteiger partial charge in [-0.15, -0.1) is 0 Å². The van der Waals surface area contributed by atoms with Gasteiger partial charge in [-0.05, 0) is 37.8 Å². The molecule has 1 saturated heterocycles. The van der Waals surface area contributed by atoms with E-state index in [4.69, 9.17) is 9.84 Å². The fourth-order valence-electron chi connectivity index (χ4n) is 2.88. The van der Waals surface area contributed by atoms with E-state index < -0.39 is 5.97 Å². The molecule has 1 unspecified atom stereocenters. The van der Waals surface area contributed by atoms with E-state index in [1.54, 1.807) is 12.1 Å². The van der Waals surface area contributed by atoms with E-state index in [1.165, 1.54) is 13.2 Å². The number of aliphatic carboxylic acids is 1. The highest BCUT2D eigenvalue weighted by Crippen LogP contribution is 2.24. The molecule has 1 fully saturated rings. The lowest BCUT2D eigenvalue weighted by molar-refractivity contribution is -0.137. The highest BCUT2D eigenvalue weighted by atomic mass is 19.1. The maximum Gasteiger partial charge on any atom is 0.303 e. The van der Waals surface area contributed by atoms with Gasteiger partial charge in [0.15, 0.2) is 0 Å². The molecule has 1 aromatic rings. The van der Waals surface area contributed by atoms with Crippen LogP contribution < -0.4 is 4.74 Å². The Morgan fingerprint density at radius 3 is 3.00 bits per heavy atom. The van der Waals surface area contributed by atoms with Crippen LogP contribution >= 0.6 is 0 Å². The molecule has 0 spiro atoms. The predicted octanol–water partition coefficient (Wildman–Crippen LogP) is 2.91. The number of carboxylic acid groups (broad SMARTS) is 1. The zero-order chi connectivity index (χ0) is 15.2. The molecule has 1 aliphatic heterocycles. The molecule has 0 saturated carbocycles. The molecule has 2 rings (SSSR count). The van der Waals surface area contributed by atoms with Crippen LogP contribution in [-0.4, -0.2) is 36.2 Å². The molecule has 1 atom stereocenters. The van der Waals surface area contributed by atoms with Crippen molar-refractivity contribution >= 4 is 5.97 Å². The second-order valence-electron chi connectivity index (χ2n) is 5.63. The second kappa shape index (κ2) is 7.41. The van der Waals surface area contributed by atoms with Crippen molar-refractivity contribution < 1.29 is 19.0 Å². The molecule has 5 heteroatoms. The number of ether oxygens (including phenoxy) is 1. The Bertz CT molecular complexity index is 492. The van der Waals surface area contributed by atoms with Gasteiger partial charge in [0.1, 0.15) is 11.6 Å². The van der Waals surface area contributed by atoms with Gasteiger partial charge in [0, 0.05) is 31.1 Å². The van der Waals surface area contributed by atoms with Gasteiger partial charge in [0.25, 0.3) is 0 Å². The third-order valence-corrected chi connectivity index (χ3v) is 4.02. The summed E-state index contributed by atoms with van der Waals surface area (Å²) in [7, 11) is 1.52. The summed E-state index contributed by atoms with van der Waals surface area (Å²) in [5.74, 6) is -0.0688. The summed E-state index contributed by atoms with van der Waals surface area (Å²) in [6.45, 7) is 2.35. The van der Waals surface area contributed by atoms with Gasteiger partial charge in [-0.25, -0.2) is 4.39 Å². The van der Waals surface area contributed by atoms with Crippen molar-refractivity contribution in [3.05, 3.63) is 29.6 Å². The number of carbonyl (C=O) groups is 1. The Balaban J connectivity index is 1.91. The summed E-state index contributed by atoms with van der Waals surface area (Å²) >= 11 is 0. The van der Waals surface area contributed by atoms with Gasteiger partial charge in [-0.3, -0.25) is 9.69 Å². The second-order valence-corrected chi connectivity index (χ2v) is 5.63. The van der Waals surface area contributed by atoms with Gasteiger partial charge in [-0.2, -0.15) is 0 Å². The molecule has 1 aliphatic rings. The zero-order valence-corrected chi connectivity index (χ0v) is 12.3. The van der Waals surface area contributed by atoms with E-state index in [0.29, 0.717) is 30.2 Å². The minimum atomic E-state index is -0.742. The molecule has 1 heterocycles. The van der Waals surface area contributed by atoms with Gasteiger partial charge < -0.3 is 9.84 Å². The molecule has 0 radical (unpaired) electrons. The number of piperidine rings is 1. The molecule has 0 bridgehead atoms. The highest BCUT2D eigenvalue weighted by molar-refractivity contribution is 5.66. The highest BCUT2D eigenvalue weighted by Gasteiger charge is 2.21. The smallest absolute Gasteiger partial charge is 0.303 e. The lowest BCUT2D eigenvalue weighted by Gasteiger charge is -2.32. The molecular weight excluding hydrogens is 273 g/mol. The van der Waals surface area contributed by atoms with E-state index in [-0.39, 0.29) is 12.2 Å². The van der Waals surface area contributed by atoms with Gasteiger partial charge >= 0.3 is 5.97 Å². The van der Waals surface area contributed by atoms with Gasteiger partial charge in [0.05, 0.1) is 7.11 Å². The maximum atomic E-state index is 14.0. The normalized spacial score (nSPS) is 19.4. The van der Waals surface area contributed by atoms with Crippen molar-refractivity contribution in [3.63, 3.8) is 0 Å². The quantitative estimate of drug-likeness (QED) is 0.876. The molecule has 4 nitrogen and oxygen atoms in total. The Morgan fingerprint density at radius 1 is 1.52 bits per heavy atom. The predicted molar refractivity (Wildman–Crippen MR) is 77.8 cm³/mol. The number of methoxy groups -OCH3 is 1. The van der Waals surface area contributed by atoms with Crippen LogP contribution in [0.2, 0.25) is 0 Å². The lowest BCUT2D eigenvalue weighted by Crippen LogP contribution is -2.35. The Labute approximate surface area is 124 Å². The Morgan fingerprint density at radius 2 is 2.33 bits per heavy atom. The van der Waals surface area contributed by atoms with Crippen molar-refractivity contribution in [1.29, 1.82) is 0 Å². The van der Waals surface area contributed by atoms with Crippen molar-refractivity contribution in [2.75, 3.05) is 20.2 Å². The summed E-state index contributed by atoms with van der Waals surface area (Å²) in [6, 6.07) is 4.93. The lowest BCUT2D eigenvalue weighted by atomic mass is 9.93. The third-order valence-electron chi connectivity index (χ3n) is 4.02. The zero-order valence-electron chi connectivity index (χ0n) is 12.3. The monoisotopic (exact) mass is 295 g/mol. The van der Waals surface area contributed by atoms with E-state index in [0.717, 1.165) is 25.9 Å². The molecule has 116 valence electrons. The average Bonchev–Trinajstić information content (AvgIpc) is 2.47. The van der Waals surface area contributed by atoms with E-state index >= 15 is 0 Å². The first kappa shape index (κ1) is 15.8. The number of carboxylic acids is 1. The molecule has 0 aromatic heterocycles. The maximum absolute atomic E-state index is 14.0. The first-order valence-corrected chi connectivity index (χ1v) is 7.35. The molecule has 1 N–H and O–H groups in total. The topological polar surface area (TPSA) is 49.8 Å². The van der Waals surface area contributed by atoms with Crippen LogP contribution in [-0.2, 0) is 11.3 Å². The average molecular weight is 295 g/mol. The standard InChI is InChI=1S/C16H22FNO3/c1-21-14-6-5-13(15(17)9-14)11-18-8-2-3-12(10-18)4-7-16(19)20/h5-6,9,12H,2-4,7-8,10-11H2,1H3,(H,19,20). The van der Waals surface area contributed by atoms with Crippen LogP contribution in [0.5, 0.6) is 5.75 Å². The Kier molecular flexibility index (Phi) is 5.56. The molecule has 0 amide bonds. The number of hydrogen-bond acceptors (Lipinski definition) is 3. The van der Waals surface area contributed by atoms with E-state index in [2.05, 4.69) is 4.90 Å². The summed E-state index contributed by atoms with van der Waals surface area (Å²) in [5.41, 5.74) is 0.662. The number of likely N-dealkylation sites (tertiary alicyclic amines) is 1. The van der Waals surface area contributed by atoms with Crippen LogP contribution in [0.3, 0.4) is 0 Å². The van der Waals surface area contributed by atoms with Crippen molar-refractivity contribution in [3.8, 4) is 5.75 Å². The molecule has 0 aliphatic carbocycles. The number of nitrogens with zero attached hydrogens (tertiary/aromatic N) is 1. The van der Waals surface area contributed by atoms with Crippen molar-refractivity contribution in [1.82, 2.24) is 4.90 Å². The summed E-state index contributed by atoms with van der Waals surface area (Å²) in [4.78, 5) is 12.9. The minimum absolute atomic E-state index is 0.218. The van der Waals surface area contributed by atoms with Crippen LogP contribution in [0.15, 0.2) is 18.2 Å². The molecule has 1 aromatic carbocycles. The van der Waals surface area contributed by atoms with Crippen LogP contribution in [0.4, 0.5) is 4.39 Å². The number of rotatable bonds is 6. The molecular formula is C16H22FNO3. The SMILES string of the molecule is COc1ccc(CN2CCCC(CCC(=O)O)C2)c(F)c1. The number of hydrogen-bond donors (Lipinski definition) is 1. The fraction of sp³-hybridized carbons (Fsp3) is 0.562. The first-order valence-electron chi connectivity index (χ1n) is 7.35. The van der Waals surface area contributed by atoms with Crippen molar-refractivity contribution in [2.24, 2.45) is 5.92 Å². The fourth-order valence-corrected chi connectivity index (χ4v) is 2.88. The minimum Gasteiger partial charge on any atom is -0.497 e.